The van der Waals surface area contributed by atoms with Gasteiger partial charge in [-0.2, -0.15) is 67.1 Å². The Morgan fingerprint density at radius 3 is 1.59 bits per heavy atom. The molecule has 109 valence electrons. The second-order valence-electron chi connectivity index (χ2n) is 3.81. The van der Waals surface area contributed by atoms with E-state index < -0.39 is 0 Å². The van der Waals surface area contributed by atoms with Gasteiger partial charge in [0.2, 0.25) is 0 Å². The van der Waals surface area contributed by atoms with Gasteiger partial charge in [0.1, 0.15) is 0 Å². The summed E-state index contributed by atoms with van der Waals surface area (Å²) in [6, 6.07) is 28.7. The number of hydrogen-bond donors (Lipinski definition) is 0. The normalized spacial score (nSPS) is 7.64. The molecule has 3 heteroatoms. The molecule has 1 nitrogen and oxygen atoms in total. The van der Waals surface area contributed by atoms with Crippen molar-refractivity contribution in [2.24, 2.45) is 0 Å². The molecule has 0 aliphatic heterocycles. The number of nitrogens with zero attached hydrogens (tertiary/aromatic N) is 1. The molecule has 0 atom stereocenters. The molecular weight excluding hydrogens is 515 g/mol. The quantitative estimate of drug-likeness (QED) is 0.392. The molecular formula is C19H17NWY-2. The largest absolute Gasteiger partial charge is 2.00 e. The van der Waals surface area contributed by atoms with E-state index >= 15 is 0 Å². The van der Waals surface area contributed by atoms with E-state index in [9.17, 15) is 0 Å². The SMILES string of the molecule is [CH2-]c1c[c-]ccn1.[CH2-]c1ccccc1.[W+2].[Y].[c-]1ccccc1. The van der Waals surface area contributed by atoms with E-state index in [2.05, 4.69) is 31.0 Å². The topological polar surface area (TPSA) is 12.9 Å². The fourth-order valence-electron chi connectivity index (χ4n) is 1.18. The summed E-state index contributed by atoms with van der Waals surface area (Å²) >= 11 is 0. The number of hydrogen-bond acceptors (Lipinski definition) is 1. The summed E-state index contributed by atoms with van der Waals surface area (Å²) in [4.78, 5) is 3.84. The molecule has 0 aliphatic carbocycles. The van der Waals surface area contributed by atoms with Crippen molar-refractivity contribution in [3.05, 3.63) is 116 Å². The molecule has 22 heavy (non-hydrogen) atoms. The van der Waals surface area contributed by atoms with Gasteiger partial charge in [-0.15, -0.1) is 12.1 Å². The number of pyridine rings is 1. The fourth-order valence-corrected chi connectivity index (χ4v) is 1.18. The van der Waals surface area contributed by atoms with Crippen LogP contribution in [0.5, 0.6) is 0 Å². The Balaban J connectivity index is 0. The standard InChI is InChI=1S/C7H7.C6H5N.C6H5.W.Y/c1-7-5-3-2-4-6-7;1-6-4-2-3-5-7-6;1-2-4-6-5-3-1;;/h2-6H,1H2;3-5H,1H2;1-5H;;/q-1;-2;-1;+2;. The minimum absolute atomic E-state index is 0. The molecule has 2 aromatic carbocycles. The molecule has 0 unspecified atom stereocenters. The van der Waals surface area contributed by atoms with Gasteiger partial charge >= 0.3 is 21.1 Å². The molecule has 0 bridgehead atoms. The summed E-state index contributed by atoms with van der Waals surface area (Å²) in [6.45, 7) is 7.30. The zero-order valence-electron chi connectivity index (χ0n) is 12.4. The predicted octanol–water partition coefficient (Wildman–Crippen LogP) is 4.41. The van der Waals surface area contributed by atoms with Gasteiger partial charge < -0.3 is 11.1 Å². The van der Waals surface area contributed by atoms with Crippen molar-refractivity contribution in [3.63, 3.8) is 0 Å². The van der Waals surface area contributed by atoms with Crippen molar-refractivity contribution < 1.29 is 53.8 Å². The number of rotatable bonds is 0. The Morgan fingerprint density at radius 1 is 0.773 bits per heavy atom. The molecule has 0 saturated heterocycles. The van der Waals surface area contributed by atoms with Crippen molar-refractivity contribution in [2.45, 2.75) is 0 Å². The van der Waals surface area contributed by atoms with Crippen LogP contribution in [0, 0.1) is 26.0 Å². The molecule has 1 radical (unpaired) electrons. The Hall–Kier alpha value is -0.878. The first-order valence-corrected chi connectivity index (χ1v) is 6.21. The van der Waals surface area contributed by atoms with Crippen molar-refractivity contribution in [3.8, 4) is 0 Å². The van der Waals surface area contributed by atoms with E-state index in [1.54, 1.807) is 18.3 Å². The van der Waals surface area contributed by atoms with Crippen molar-refractivity contribution >= 4 is 0 Å². The van der Waals surface area contributed by atoms with Crippen LogP contribution in [0.3, 0.4) is 0 Å². The Morgan fingerprint density at radius 2 is 1.36 bits per heavy atom. The summed E-state index contributed by atoms with van der Waals surface area (Å²) in [6.07, 6.45) is 1.67. The van der Waals surface area contributed by atoms with Gasteiger partial charge in [0.25, 0.3) is 0 Å². The first-order chi connectivity index (χ1) is 9.79. The number of aromatic nitrogens is 1. The van der Waals surface area contributed by atoms with Crippen LogP contribution in [0.1, 0.15) is 11.3 Å². The van der Waals surface area contributed by atoms with E-state index in [1.165, 1.54) is 0 Å². The zero-order chi connectivity index (χ0) is 14.5. The molecule has 0 amide bonds. The second kappa shape index (κ2) is 16.5. The molecule has 0 aliphatic rings. The molecule has 0 saturated carbocycles. The molecule has 0 spiro atoms. The average molecular weight is 532 g/mol. The van der Waals surface area contributed by atoms with Crippen LogP contribution in [-0.2, 0) is 53.8 Å². The van der Waals surface area contributed by atoms with Crippen LogP contribution in [0.2, 0.25) is 0 Å². The first kappa shape index (κ1) is 23.4. The summed E-state index contributed by atoms with van der Waals surface area (Å²) < 4.78 is 0. The van der Waals surface area contributed by atoms with Crippen molar-refractivity contribution in [1.29, 1.82) is 0 Å². The Kier molecular flexibility index (Phi) is 17.5. The third-order valence-corrected chi connectivity index (χ3v) is 2.11. The Bertz CT molecular complexity index is 480. The summed E-state index contributed by atoms with van der Waals surface area (Å²) in [5.41, 5.74) is 1.84. The van der Waals surface area contributed by atoms with Crippen molar-refractivity contribution in [1.82, 2.24) is 4.98 Å². The van der Waals surface area contributed by atoms with E-state index in [-0.39, 0.29) is 53.8 Å². The predicted molar refractivity (Wildman–Crippen MR) is 83.7 cm³/mol. The van der Waals surface area contributed by atoms with Gasteiger partial charge in [0, 0.05) is 32.7 Å². The van der Waals surface area contributed by atoms with Gasteiger partial charge in [0.05, 0.1) is 0 Å². The van der Waals surface area contributed by atoms with Gasteiger partial charge in [-0.05, 0) is 0 Å². The molecule has 3 aromatic rings. The van der Waals surface area contributed by atoms with Crippen LogP contribution < -0.4 is 0 Å². The van der Waals surface area contributed by atoms with Crippen LogP contribution >= 0.6 is 0 Å². The fraction of sp³-hybridized carbons (Fsp3) is 0. The maximum atomic E-state index is 3.84. The van der Waals surface area contributed by atoms with Crippen LogP contribution in [0.4, 0.5) is 0 Å². The van der Waals surface area contributed by atoms with Gasteiger partial charge in [0.15, 0.2) is 0 Å². The molecule has 0 N–H and O–H groups in total. The van der Waals surface area contributed by atoms with Gasteiger partial charge in [-0.25, -0.2) is 5.69 Å². The Labute approximate surface area is 173 Å². The molecule has 1 heterocycles. The molecule has 3 rings (SSSR count). The molecule has 0 fully saturated rings. The summed E-state index contributed by atoms with van der Waals surface area (Å²) in [5.74, 6) is 0. The number of benzene rings is 2. The van der Waals surface area contributed by atoms with Crippen LogP contribution in [0.25, 0.3) is 0 Å². The third kappa shape index (κ3) is 14.1. The van der Waals surface area contributed by atoms with Crippen LogP contribution in [0.15, 0.2) is 79.0 Å². The van der Waals surface area contributed by atoms with Crippen LogP contribution in [-0.4, -0.2) is 4.98 Å². The maximum absolute atomic E-state index is 3.84. The first-order valence-electron chi connectivity index (χ1n) is 6.21. The molecule has 1 aromatic heterocycles. The zero-order valence-corrected chi connectivity index (χ0v) is 18.1. The van der Waals surface area contributed by atoms with Crippen molar-refractivity contribution in [2.75, 3.05) is 0 Å². The average Bonchev–Trinajstić information content (AvgIpc) is 2.52. The van der Waals surface area contributed by atoms with Gasteiger partial charge in [-0.3, -0.25) is 13.0 Å². The van der Waals surface area contributed by atoms with E-state index in [0.717, 1.165) is 11.3 Å². The monoisotopic (exact) mass is 532 g/mol. The minimum atomic E-state index is 0. The van der Waals surface area contributed by atoms with Gasteiger partial charge in [-0.1, -0.05) is 12.3 Å². The summed E-state index contributed by atoms with van der Waals surface area (Å²) in [5, 5.41) is 0. The second-order valence-corrected chi connectivity index (χ2v) is 3.81. The van der Waals surface area contributed by atoms with E-state index in [0.29, 0.717) is 0 Å². The minimum Gasteiger partial charge on any atom is -0.421 e. The third-order valence-electron chi connectivity index (χ3n) is 2.11. The summed E-state index contributed by atoms with van der Waals surface area (Å²) in [7, 11) is 0. The van der Waals surface area contributed by atoms with E-state index in [4.69, 9.17) is 0 Å². The van der Waals surface area contributed by atoms with E-state index in [1.807, 2.05) is 60.7 Å². The maximum Gasteiger partial charge on any atom is 2.00 e. The smallest absolute Gasteiger partial charge is 0.421 e.